The van der Waals surface area contributed by atoms with Crippen LogP contribution in [0.4, 0.5) is 0 Å². The minimum Gasteiger partial charge on any atom is -0.481 e. The lowest BCUT2D eigenvalue weighted by Gasteiger charge is -2.32. The standard InChI is InChI=1S/C14H18BrNO2/c1-9-2-5-13(14(17)18)10(6-9)7-12-4-3-11(15)8-16-12/h3-4,8-10,13H,2,5-7H2,1H3,(H,17,18). The van der Waals surface area contributed by atoms with Crippen molar-refractivity contribution in [1.82, 2.24) is 4.98 Å². The number of hydrogen-bond donors (Lipinski definition) is 1. The zero-order chi connectivity index (χ0) is 13.1. The van der Waals surface area contributed by atoms with E-state index in [4.69, 9.17) is 0 Å². The Kier molecular flexibility index (Phi) is 4.38. The van der Waals surface area contributed by atoms with E-state index >= 15 is 0 Å². The Bertz CT molecular complexity index is 418. The van der Waals surface area contributed by atoms with Crippen LogP contribution in [0.2, 0.25) is 0 Å². The van der Waals surface area contributed by atoms with Gasteiger partial charge in [0.2, 0.25) is 0 Å². The number of rotatable bonds is 3. The molecule has 1 aliphatic carbocycles. The molecule has 0 spiro atoms. The van der Waals surface area contributed by atoms with Crippen molar-refractivity contribution in [3.8, 4) is 0 Å². The van der Waals surface area contributed by atoms with Crippen molar-refractivity contribution in [2.75, 3.05) is 0 Å². The molecule has 3 atom stereocenters. The number of nitrogens with zero attached hydrogens (tertiary/aromatic N) is 1. The van der Waals surface area contributed by atoms with Crippen molar-refractivity contribution in [2.45, 2.75) is 32.6 Å². The zero-order valence-corrected chi connectivity index (χ0v) is 12.1. The third-order valence-electron chi connectivity index (χ3n) is 3.82. The van der Waals surface area contributed by atoms with Crippen molar-refractivity contribution >= 4 is 21.9 Å². The fourth-order valence-electron chi connectivity index (χ4n) is 2.85. The predicted octanol–water partition coefficient (Wildman–Crippen LogP) is 3.52. The summed E-state index contributed by atoms with van der Waals surface area (Å²) < 4.78 is 0.957. The van der Waals surface area contributed by atoms with Crippen molar-refractivity contribution in [1.29, 1.82) is 0 Å². The molecule has 1 saturated carbocycles. The number of carboxylic acid groups (broad SMARTS) is 1. The summed E-state index contributed by atoms with van der Waals surface area (Å²) in [5.74, 6) is -0.00312. The molecule has 0 bridgehead atoms. The Balaban J connectivity index is 2.08. The van der Waals surface area contributed by atoms with Crippen molar-refractivity contribution < 1.29 is 9.90 Å². The van der Waals surface area contributed by atoms with Crippen LogP contribution in [0.3, 0.4) is 0 Å². The van der Waals surface area contributed by atoms with Gasteiger partial charge in [-0.1, -0.05) is 6.92 Å². The van der Waals surface area contributed by atoms with Crippen LogP contribution in [-0.2, 0) is 11.2 Å². The van der Waals surface area contributed by atoms with Gasteiger partial charge in [0.25, 0.3) is 0 Å². The highest BCUT2D eigenvalue weighted by molar-refractivity contribution is 9.10. The molecule has 2 rings (SSSR count). The van der Waals surface area contributed by atoms with Gasteiger partial charge >= 0.3 is 5.97 Å². The maximum atomic E-state index is 11.3. The number of aliphatic carboxylic acids is 1. The molecule has 1 aliphatic rings. The lowest BCUT2D eigenvalue weighted by Crippen LogP contribution is -2.31. The molecule has 1 fully saturated rings. The second kappa shape index (κ2) is 5.83. The second-order valence-electron chi connectivity index (χ2n) is 5.29. The van der Waals surface area contributed by atoms with Crippen LogP contribution < -0.4 is 0 Å². The van der Waals surface area contributed by atoms with Gasteiger partial charge in [0.15, 0.2) is 0 Å². The van der Waals surface area contributed by atoms with Crippen molar-refractivity contribution in [3.05, 3.63) is 28.5 Å². The molecule has 98 valence electrons. The van der Waals surface area contributed by atoms with E-state index in [2.05, 4.69) is 27.8 Å². The molecule has 3 nitrogen and oxygen atoms in total. The number of halogens is 1. The Hall–Kier alpha value is -0.900. The molecule has 18 heavy (non-hydrogen) atoms. The highest BCUT2D eigenvalue weighted by atomic mass is 79.9. The van der Waals surface area contributed by atoms with Crippen LogP contribution in [0, 0.1) is 17.8 Å². The Morgan fingerprint density at radius 1 is 1.50 bits per heavy atom. The minimum atomic E-state index is -0.649. The summed E-state index contributed by atoms with van der Waals surface area (Å²) in [6.07, 6.45) is 5.37. The first kappa shape index (κ1) is 13.5. The normalized spacial score (nSPS) is 28.0. The number of aromatic nitrogens is 1. The lowest BCUT2D eigenvalue weighted by molar-refractivity contribution is -0.145. The topological polar surface area (TPSA) is 50.2 Å². The highest BCUT2D eigenvalue weighted by Crippen LogP contribution is 2.35. The fraction of sp³-hybridized carbons (Fsp3) is 0.571. The van der Waals surface area contributed by atoms with E-state index in [1.807, 2.05) is 12.1 Å². The molecule has 1 heterocycles. The first-order chi connectivity index (χ1) is 8.56. The number of carboxylic acids is 1. The molecule has 4 heteroatoms. The summed E-state index contributed by atoms with van der Waals surface area (Å²) in [7, 11) is 0. The Morgan fingerprint density at radius 3 is 2.89 bits per heavy atom. The zero-order valence-electron chi connectivity index (χ0n) is 10.5. The lowest BCUT2D eigenvalue weighted by atomic mass is 9.73. The van der Waals surface area contributed by atoms with Gasteiger partial charge in [0.05, 0.1) is 5.92 Å². The molecule has 0 aliphatic heterocycles. The monoisotopic (exact) mass is 311 g/mol. The summed E-state index contributed by atoms with van der Waals surface area (Å²) in [5, 5.41) is 9.29. The molecule has 1 N–H and O–H groups in total. The molecule has 1 aromatic rings. The van der Waals surface area contributed by atoms with Crippen LogP contribution in [-0.4, -0.2) is 16.1 Å². The molecule has 0 amide bonds. The van der Waals surface area contributed by atoms with Gasteiger partial charge in [0, 0.05) is 16.4 Å². The summed E-state index contributed by atoms with van der Waals surface area (Å²) in [4.78, 5) is 15.6. The van der Waals surface area contributed by atoms with Gasteiger partial charge in [0.1, 0.15) is 0 Å². The third-order valence-corrected chi connectivity index (χ3v) is 4.29. The fourth-order valence-corrected chi connectivity index (χ4v) is 3.08. The van der Waals surface area contributed by atoms with Crippen LogP contribution in [0.1, 0.15) is 31.9 Å². The van der Waals surface area contributed by atoms with Gasteiger partial charge in [-0.25, -0.2) is 0 Å². The number of carbonyl (C=O) groups is 1. The average Bonchev–Trinajstić information content (AvgIpc) is 2.32. The van der Waals surface area contributed by atoms with Gasteiger partial charge < -0.3 is 5.11 Å². The van der Waals surface area contributed by atoms with Crippen molar-refractivity contribution in [2.24, 2.45) is 17.8 Å². The molecular formula is C14H18BrNO2. The molecule has 0 radical (unpaired) electrons. The molecule has 3 unspecified atom stereocenters. The predicted molar refractivity (Wildman–Crippen MR) is 73.3 cm³/mol. The number of pyridine rings is 1. The second-order valence-corrected chi connectivity index (χ2v) is 6.21. The summed E-state index contributed by atoms with van der Waals surface area (Å²) in [6.45, 7) is 2.21. The molecule has 1 aromatic heterocycles. The Morgan fingerprint density at radius 2 is 2.28 bits per heavy atom. The van der Waals surface area contributed by atoms with Crippen LogP contribution >= 0.6 is 15.9 Å². The third kappa shape index (κ3) is 3.31. The maximum Gasteiger partial charge on any atom is 0.306 e. The maximum absolute atomic E-state index is 11.3. The van der Waals surface area contributed by atoms with Gasteiger partial charge in [-0.3, -0.25) is 9.78 Å². The average molecular weight is 312 g/mol. The van der Waals surface area contributed by atoms with Crippen LogP contribution in [0.15, 0.2) is 22.8 Å². The largest absolute Gasteiger partial charge is 0.481 e. The van der Waals surface area contributed by atoms with E-state index in [1.165, 1.54) is 0 Å². The van der Waals surface area contributed by atoms with E-state index in [1.54, 1.807) is 6.20 Å². The van der Waals surface area contributed by atoms with E-state index in [0.29, 0.717) is 5.92 Å². The van der Waals surface area contributed by atoms with Gasteiger partial charge in [-0.15, -0.1) is 0 Å². The molecular weight excluding hydrogens is 294 g/mol. The Labute approximate surface area is 116 Å². The van der Waals surface area contributed by atoms with E-state index in [-0.39, 0.29) is 11.8 Å². The molecule has 0 saturated heterocycles. The van der Waals surface area contributed by atoms with Crippen LogP contribution in [0.25, 0.3) is 0 Å². The van der Waals surface area contributed by atoms with Gasteiger partial charge in [-0.05, 0) is 65.6 Å². The summed E-state index contributed by atoms with van der Waals surface area (Å²) >= 11 is 3.36. The number of hydrogen-bond acceptors (Lipinski definition) is 2. The minimum absolute atomic E-state index is 0.202. The highest BCUT2D eigenvalue weighted by Gasteiger charge is 2.33. The summed E-state index contributed by atoms with van der Waals surface area (Å²) in [5.41, 5.74) is 0.989. The van der Waals surface area contributed by atoms with Gasteiger partial charge in [-0.2, -0.15) is 0 Å². The SMILES string of the molecule is CC1CCC(C(=O)O)C(Cc2ccc(Br)cn2)C1. The first-order valence-corrected chi connectivity index (χ1v) is 7.19. The molecule has 0 aromatic carbocycles. The summed E-state index contributed by atoms with van der Waals surface area (Å²) in [6, 6.07) is 3.94. The van der Waals surface area contributed by atoms with E-state index in [0.717, 1.165) is 35.8 Å². The van der Waals surface area contributed by atoms with E-state index < -0.39 is 5.97 Å². The van der Waals surface area contributed by atoms with E-state index in [9.17, 15) is 9.90 Å². The smallest absolute Gasteiger partial charge is 0.306 e. The van der Waals surface area contributed by atoms with Crippen molar-refractivity contribution in [3.63, 3.8) is 0 Å². The first-order valence-electron chi connectivity index (χ1n) is 6.39. The van der Waals surface area contributed by atoms with Crippen LogP contribution in [0.5, 0.6) is 0 Å². The quantitative estimate of drug-likeness (QED) is 0.929.